The van der Waals surface area contributed by atoms with Crippen LogP contribution in [0.2, 0.25) is 0 Å². The van der Waals surface area contributed by atoms with Gasteiger partial charge in [-0.15, -0.1) is 0 Å². The van der Waals surface area contributed by atoms with Gasteiger partial charge in [-0.2, -0.15) is 4.31 Å². The lowest BCUT2D eigenvalue weighted by atomic mass is 9.65. The number of hydrogen-bond donors (Lipinski definition) is 1. The number of rotatable bonds is 5. The minimum absolute atomic E-state index is 0.0457. The van der Waals surface area contributed by atoms with Crippen LogP contribution in [0.5, 0.6) is 0 Å². The van der Waals surface area contributed by atoms with Crippen LogP contribution in [-0.4, -0.2) is 33.7 Å². The van der Waals surface area contributed by atoms with Crippen LogP contribution in [0.3, 0.4) is 0 Å². The molecule has 2 atom stereocenters. The van der Waals surface area contributed by atoms with E-state index in [4.69, 9.17) is 4.42 Å². The molecule has 194 valence electrons. The predicted octanol–water partition coefficient (Wildman–Crippen LogP) is 5.98. The third kappa shape index (κ3) is 4.23. The Hall–Kier alpha value is -2.88. The zero-order chi connectivity index (χ0) is 26.2. The highest BCUT2D eigenvalue weighted by Gasteiger charge is 2.53. The average molecular weight is 539 g/mol. The summed E-state index contributed by atoms with van der Waals surface area (Å²) in [5, 5.41) is 1.53. The van der Waals surface area contributed by atoms with Gasteiger partial charge in [-0.05, 0) is 72.6 Å². The normalized spacial score (nSPS) is 24.0. The van der Waals surface area contributed by atoms with Gasteiger partial charge in [0.15, 0.2) is 0 Å². The Labute approximate surface area is 217 Å². The molecule has 1 aliphatic heterocycles. The summed E-state index contributed by atoms with van der Waals surface area (Å²) < 4.78 is 64.0. The number of anilines is 1. The minimum Gasteiger partial charge on any atom is -0.456 e. The van der Waals surface area contributed by atoms with E-state index in [0.717, 1.165) is 24.6 Å². The van der Waals surface area contributed by atoms with E-state index in [1.54, 1.807) is 28.6 Å². The number of fused-ring (bicyclic) bond motifs is 5. The Kier molecular flexibility index (Phi) is 5.33. The molecule has 2 aliphatic rings. The molecule has 2 bridgehead atoms. The zero-order valence-corrected chi connectivity index (χ0v) is 22.7. The molecule has 1 N–H and O–H groups in total. The summed E-state index contributed by atoms with van der Waals surface area (Å²) in [5.74, 6) is 0. The Morgan fingerprint density at radius 2 is 1.59 bits per heavy atom. The summed E-state index contributed by atoms with van der Waals surface area (Å²) in [4.78, 5) is 0.168. The number of nitrogens with zero attached hydrogens (tertiary/aromatic N) is 1. The first-order chi connectivity index (χ1) is 17.4. The van der Waals surface area contributed by atoms with E-state index in [0.29, 0.717) is 23.1 Å². The summed E-state index contributed by atoms with van der Waals surface area (Å²) >= 11 is 0. The molecule has 1 saturated carbocycles. The van der Waals surface area contributed by atoms with Gasteiger partial charge < -0.3 is 4.42 Å². The minimum atomic E-state index is -3.97. The number of furan rings is 1. The van der Waals surface area contributed by atoms with E-state index in [1.165, 1.54) is 18.2 Å². The first kappa shape index (κ1) is 24.5. The third-order valence-electron chi connectivity index (χ3n) is 7.72. The predicted molar refractivity (Wildman–Crippen MR) is 144 cm³/mol. The molecule has 9 heteroatoms. The molecule has 0 spiro atoms. The fourth-order valence-corrected chi connectivity index (χ4v) is 9.53. The van der Waals surface area contributed by atoms with Crippen LogP contribution in [0.4, 0.5) is 5.69 Å². The van der Waals surface area contributed by atoms with Gasteiger partial charge in [-0.1, -0.05) is 45.0 Å². The van der Waals surface area contributed by atoms with E-state index < -0.39 is 20.0 Å². The van der Waals surface area contributed by atoms with E-state index in [1.807, 2.05) is 24.3 Å². The van der Waals surface area contributed by atoms with Gasteiger partial charge in [0, 0.05) is 23.4 Å². The summed E-state index contributed by atoms with van der Waals surface area (Å²) in [6, 6.07) is 18.2. The first-order valence-electron chi connectivity index (χ1n) is 12.4. The van der Waals surface area contributed by atoms with Gasteiger partial charge in [0.1, 0.15) is 11.2 Å². The highest BCUT2D eigenvalue weighted by molar-refractivity contribution is 7.92. The largest absolute Gasteiger partial charge is 0.456 e. The lowest BCUT2D eigenvalue weighted by Crippen LogP contribution is -2.37. The van der Waals surface area contributed by atoms with Gasteiger partial charge >= 0.3 is 0 Å². The number of hydrogen-bond acceptors (Lipinski definition) is 5. The number of para-hydroxylation sites is 1. The molecule has 2 heterocycles. The zero-order valence-electron chi connectivity index (χ0n) is 21.1. The Balaban J connectivity index is 1.30. The highest BCUT2D eigenvalue weighted by Crippen LogP contribution is 2.53. The molecule has 2 fully saturated rings. The van der Waals surface area contributed by atoms with Crippen molar-refractivity contribution in [3.05, 3.63) is 66.7 Å². The maximum atomic E-state index is 13.7. The van der Waals surface area contributed by atoms with E-state index in [9.17, 15) is 16.8 Å². The maximum absolute atomic E-state index is 13.7. The number of sulfonamides is 2. The first-order valence-corrected chi connectivity index (χ1v) is 15.3. The highest BCUT2D eigenvalue weighted by atomic mass is 32.2. The molecule has 2 unspecified atom stereocenters. The molecule has 1 aromatic heterocycles. The number of nitrogens with one attached hydrogen (secondary N) is 1. The Morgan fingerprint density at radius 3 is 2.41 bits per heavy atom. The lowest BCUT2D eigenvalue weighted by Gasteiger charge is -2.39. The van der Waals surface area contributed by atoms with Crippen molar-refractivity contribution in [2.45, 2.75) is 55.9 Å². The molecule has 4 aromatic rings. The van der Waals surface area contributed by atoms with Crippen molar-refractivity contribution in [1.82, 2.24) is 4.31 Å². The molecule has 1 saturated heterocycles. The van der Waals surface area contributed by atoms with Crippen molar-refractivity contribution in [3.8, 4) is 0 Å². The van der Waals surface area contributed by atoms with Crippen LogP contribution in [0.15, 0.2) is 80.9 Å². The van der Waals surface area contributed by atoms with Crippen LogP contribution in [0.25, 0.3) is 21.9 Å². The SMILES string of the molecule is CC1(C)CC2CC(C)(CN2S(=O)(=O)c2cccc(NS(=O)(=O)c3ccc4oc5ccccc5c4c3)c2)C1. The molecule has 1 aliphatic carbocycles. The molecule has 0 radical (unpaired) electrons. The van der Waals surface area contributed by atoms with Crippen LogP contribution in [0, 0.1) is 10.8 Å². The van der Waals surface area contributed by atoms with E-state index >= 15 is 0 Å². The van der Waals surface area contributed by atoms with E-state index in [2.05, 4.69) is 25.5 Å². The quantitative estimate of drug-likeness (QED) is 0.337. The lowest BCUT2D eigenvalue weighted by molar-refractivity contribution is 0.133. The van der Waals surface area contributed by atoms with Gasteiger partial charge in [-0.3, -0.25) is 4.72 Å². The smallest absolute Gasteiger partial charge is 0.261 e. The third-order valence-corrected chi connectivity index (χ3v) is 11.0. The van der Waals surface area contributed by atoms with Crippen LogP contribution < -0.4 is 4.72 Å². The summed E-state index contributed by atoms with van der Waals surface area (Å²) in [7, 11) is -7.76. The second kappa shape index (κ2) is 8.06. The molecule has 37 heavy (non-hydrogen) atoms. The van der Waals surface area contributed by atoms with E-state index in [-0.39, 0.29) is 32.4 Å². The van der Waals surface area contributed by atoms with Crippen molar-refractivity contribution in [1.29, 1.82) is 0 Å². The number of benzene rings is 3. The fourth-order valence-electron chi connectivity index (χ4n) is 6.63. The van der Waals surface area contributed by atoms with Gasteiger partial charge in [0.2, 0.25) is 10.0 Å². The summed E-state index contributed by atoms with van der Waals surface area (Å²) in [6.45, 7) is 7.05. The van der Waals surface area contributed by atoms with Crippen LogP contribution >= 0.6 is 0 Å². The molecular formula is C28H30N2O5S2. The van der Waals surface area contributed by atoms with Gasteiger partial charge in [0.25, 0.3) is 10.0 Å². The van der Waals surface area contributed by atoms with Gasteiger partial charge in [0.05, 0.1) is 15.5 Å². The van der Waals surface area contributed by atoms with Gasteiger partial charge in [-0.25, -0.2) is 16.8 Å². The molecule has 7 nitrogen and oxygen atoms in total. The molecule has 6 rings (SSSR count). The monoisotopic (exact) mass is 538 g/mol. The maximum Gasteiger partial charge on any atom is 0.261 e. The summed E-state index contributed by atoms with van der Waals surface area (Å²) in [6.07, 6.45) is 2.66. The van der Waals surface area contributed by atoms with Crippen molar-refractivity contribution in [3.63, 3.8) is 0 Å². The second-order valence-electron chi connectivity index (χ2n) is 11.7. The topological polar surface area (TPSA) is 96.7 Å². The standard InChI is InChI=1S/C28H30N2O5S2/c1-27(2)15-20-16-28(3,17-27)18-30(20)37(33,34)22-8-6-7-19(13-22)29-36(31,32)21-11-12-26-24(14-21)23-9-4-5-10-25(23)35-26/h4-14,20,29H,15-18H2,1-3H3. The Bertz CT molecular complexity index is 1760. The molecule has 3 aromatic carbocycles. The van der Waals surface area contributed by atoms with Crippen molar-refractivity contribution >= 4 is 47.7 Å². The molecular weight excluding hydrogens is 508 g/mol. The van der Waals surface area contributed by atoms with Crippen molar-refractivity contribution in [2.24, 2.45) is 10.8 Å². The van der Waals surface area contributed by atoms with Crippen LogP contribution in [0.1, 0.15) is 40.0 Å². The van der Waals surface area contributed by atoms with Crippen LogP contribution in [-0.2, 0) is 20.0 Å². The second-order valence-corrected chi connectivity index (χ2v) is 15.2. The Morgan fingerprint density at radius 1 is 0.838 bits per heavy atom. The fraction of sp³-hybridized carbons (Fsp3) is 0.357. The van der Waals surface area contributed by atoms with Crippen molar-refractivity contribution < 1.29 is 21.3 Å². The summed E-state index contributed by atoms with van der Waals surface area (Å²) in [5.41, 5.74) is 1.52. The average Bonchev–Trinajstić information content (AvgIpc) is 3.31. The molecule has 0 amide bonds. The van der Waals surface area contributed by atoms with Crippen molar-refractivity contribution in [2.75, 3.05) is 11.3 Å².